The third-order valence-corrected chi connectivity index (χ3v) is 5.12. The van der Waals surface area contributed by atoms with Crippen molar-refractivity contribution in [3.05, 3.63) is 57.5 Å². The van der Waals surface area contributed by atoms with Gasteiger partial charge in [-0.05, 0) is 51.9 Å². The van der Waals surface area contributed by atoms with Crippen LogP contribution in [0.3, 0.4) is 0 Å². The molecule has 1 unspecified atom stereocenters. The number of aryl methyl sites for hydroxylation is 1. The molecule has 6 nitrogen and oxygen atoms in total. The average Bonchev–Trinajstić information content (AvgIpc) is 3.50. The Morgan fingerprint density at radius 2 is 2.03 bits per heavy atom. The Kier molecular flexibility index (Phi) is 5.79. The smallest absolute Gasteiger partial charge is 0.349 e. The van der Waals surface area contributed by atoms with E-state index in [4.69, 9.17) is 0 Å². The third-order valence-electron chi connectivity index (χ3n) is 5.12. The van der Waals surface area contributed by atoms with Gasteiger partial charge in [0.2, 0.25) is 5.43 Å². The molecule has 1 aliphatic rings. The first-order chi connectivity index (χ1) is 13.6. The zero-order valence-electron chi connectivity index (χ0n) is 16.5. The van der Waals surface area contributed by atoms with Crippen LogP contribution < -0.4 is 10.7 Å². The lowest BCUT2D eigenvalue weighted by Crippen LogP contribution is -2.42. The Morgan fingerprint density at radius 1 is 1.34 bits per heavy atom. The van der Waals surface area contributed by atoms with Gasteiger partial charge in [-0.3, -0.25) is 14.5 Å². The van der Waals surface area contributed by atoms with Crippen LogP contribution in [0.15, 0.2) is 35.1 Å². The number of hydrogen-bond donors (Lipinski definition) is 1. The van der Waals surface area contributed by atoms with Crippen LogP contribution in [0.2, 0.25) is 0 Å². The van der Waals surface area contributed by atoms with Crippen molar-refractivity contribution in [2.24, 2.45) is 0 Å². The Labute approximate surface area is 166 Å². The molecule has 1 fully saturated rings. The first-order valence-corrected chi connectivity index (χ1v) is 9.36. The summed E-state index contributed by atoms with van der Waals surface area (Å²) in [5.74, 6) is -0.647. The second-order valence-electron chi connectivity index (χ2n) is 7.41. The Morgan fingerprint density at radius 3 is 2.66 bits per heavy atom. The van der Waals surface area contributed by atoms with Gasteiger partial charge in [0.1, 0.15) is 0 Å². The fourth-order valence-corrected chi connectivity index (χ4v) is 3.09. The predicted octanol–water partition coefficient (Wildman–Crippen LogP) is 2.77. The lowest BCUT2D eigenvalue weighted by atomic mass is 10.2. The second-order valence-corrected chi connectivity index (χ2v) is 7.41. The lowest BCUT2D eigenvalue weighted by molar-refractivity contribution is -0.137. The standard InChI is InChI=1S/C20H23F3N4O2/c1-12-9-17(28)18(19(29)24-11-13(2)26(3)15-7-8-15)25-27(12)16-6-4-5-14(10-16)20(21,22)23/h4-6,9-10,13,15H,7-8,11H2,1-3H3,(H,24,29). The molecule has 1 aliphatic carbocycles. The Hall–Kier alpha value is -2.68. The molecule has 2 aromatic rings. The molecule has 156 valence electrons. The van der Waals surface area contributed by atoms with Gasteiger partial charge < -0.3 is 5.32 Å². The fraction of sp³-hybridized carbons (Fsp3) is 0.450. The van der Waals surface area contributed by atoms with Crippen molar-refractivity contribution in [2.45, 2.75) is 44.9 Å². The average molecular weight is 408 g/mol. The van der Waals surface area contributed by atoms with E-state index in [0.29, 0.717) is 18.3 Å². The molecule has 1 aromatic carbocycles. The van der Waals surface area contributed by atoms with Crippen LogP contribution in [0.25, 0.3) is 5.69 Å². The molecule has 0 saturated heterocycles. The van der Waals surface area contributed by atoms with E-state index in [1.807, 2.05) is 14.0 Å². The van der Waals surface area contributed by atoms with Crippen molar-refractivity contribution in [1.82, 2.24) is 20.0 Å². The minimum Gasteiger partial charge on any atom is -0.349 e. The maximum atomic E-state index is 13.0. The normalized spacial score (nSPS) is 15.4. The SMILES string of the molecule is Cc1cc(=O)c(C(=O)NCC(C)N(C)C2CC2)nn1-c1cccc(C(F)(F)F)c1. The minimum atomic E-state index is -4.51. The molecule has 0 aliphatic heterocycles. The molecular weight excluding hydrogens is 385 g/mol. The van der Waals surface area contributed by atoms with Crippen LogP contribution in [-0.2, 0) is 6.18 Å². The Bertz CT molecular complexity index is 967. The highest BCUT2D eigenvalue weighted by atomic mass is 19.4. The predicted molar refractivity (Wildman–Crippen MR) is 102 cm³/mol. The largest absolute Gasteiger partial charge is 0.416 e. The number of nitrogens with one attached hydrogen (secondary N) is 1. The van der Waals surface area contributed by atoms with Crippen LogP contribution in [0.1, 0.15) is 41.5 Å². The fourth-order valence-electron chi connectivity index (χ4n) is 3.09. The topological polar surface area (TPSA) is 67.2 Å². The molecule has 3 rings (SSSR count). The number of nitrogens with zero attached hydrogens (tertiary/aromatic N) is 3. The van der Waals surface area contributed by atoms with E-state index in [9.17, 15) is 22.8 Å². The molecule has 1 heterocycles. The molecule has 1 saturated carbocycles. The zero-order valence-corrected chi connectivity index (χ0v) is 16.5. The summed E-state index contributed by atoms with van der Waals surface area (Å²) in [6.45, 7) is 3.86. The van der Waals surface area contributed by atoms with Gasteiger partial charge in [0, 0.05) is 30.4 Å². The van der Waals surface area contributed by atoms with Crippen LogP contribution in [0.5, 0.6) is 0 Å². The zero-order chi connectivity index (χ0) is 21.3. The molecular formula is C20H23F3N4O2. The molecule has 1 aromatic heterocycles. The number of benzene rings is 1. The maximum absolute atomic E-state index is 13.0. The molecule has 1 atom stereocenters. The first-order valence-electron chi connectivity index (χ1n) is 9.36. The molecule has 1 amide bonds. The van der Waals surface area contributed by atoms with Gasteiger partial charge in [-0.25, -0.2) is 4.68 Å². The minimum absolute atomic E-state index is 0.0857. The number of hydrogen-bond acceptors (Lipinski definition) is 4. The van der Waals surface area contributed by atoms with Crippen LogP contribution >= 0.6 is 0 Å². The summed E-state index contributed by atoms with van der Waals surface area (Å²) in [5, 5.41) is 6.75. The van der Waals surface area contributed by atoms with Crippen molar-refractivity contribution in [3.63, 3.8) is 0 Å². The highest BCUT2D eigenvalue weighted by Crippen LogP contribution is 2.30. The van der Waals surface area contributed by atoms with E-state index in [1.54, 1.807) is 6.92 Å². The van der Waals surface area contributed by atoms with Crippen molar-refractivity contribution < 1.29 is 18.0 Å². The van der Waals surface area contributed by atoms with Crippen molar-refractivity contribution in [1.29, 1.82) is 0 Å². The number of likely N-dealkylation sites (N-methyl/N-ethyl adjacent to an activating group) is 1. The highest BCUT2D eigenvalue weighted by molar-refractivity contribution is 5.92. The van der Waals surface area contributed by atoms with E-state index in [1.165, 1.54) is 22.9 Å². The summed E-state index contributed by atoms with van der Waals surface area (Å²) in [5.41, 5.74) is -1.32. The number of rotatable bonds is 6. The van der Waals surface area contributed by atoms with E-state index < -0.39 is 23.1 Å². The molecule has 9 heteroatoms. The van der Waals surface area contributed by atoms with Crippen LogP contribution in [0, 0.1) is 6.92 Å². The quantitative estimate of drug-likeness (QED) is 0.798. The summed E-state index contributed by atoms with van der Waals surface area (Å²) in [6.07, 6.45) is -2.24. The lowest BCUT2D eigenvalue weighted by Gasteiger charge is -2.24. The van der Waals surface area contributed by atoms with E-state index in [-0.39, 0.29) is 17.4 Å². The second kappa shape index (κ2) is 7.98. The molecule has 0 bridgehead atoms. The van der Waals surface area contributed by atoms with Crippen LogP contribution in [-0.4, -0.2) is 46.3 Å². The maximum Gasteiger partial charge on any atom is 0.416 e. The van der Waals surface area contributed by atoms with Gasteiger partial charge in [0.05, 0.1) is 11.3 Å². The third kappa shape index (κ3) is 4.84. The summed E-state index contributed by atoms with van der Waals surface area (Å²) >= 11 is 0. The van der Waals surface area contributed by atoms with Crippen molar-refractivity contribution in [3.8, 4) is 5.69 Å². The monoisotopic (exact) mass is 408 g/mol. The van der Waals surface area contributed by atoms with E-state index in [0.717, 1.165) is 25.0 Å². The van der Waals surface area contributed by atoms with Gasteiger partial charge in [0.15, 0.2) is 5.69 Å². The van der Waals surface area contributed by atoms with Crippen LogP contribution in [0.4, 0.5) is 13.2 Å². The summed E-state index contributed by atoms with van der Waals surface area (Å²) in [6, 6.07) is 6.38. The number of halogens is 3. The number of amides is 1. The number of alkyl halides is 3. The van der Waals surface area contributed by atoms with Gasteiger partial charge in [-0.15, -0.1) is 0 Å². The molecule has 0 spiro atoms. The molecule has 0 radical (unpaired) electrons. The number of carbonyl (C=O) groups excluding carboxylic acids is 1. The summed E-state index contributed by atoms with van der Waals surface area (Å²) in [4.78, 5) is 26.9. The first kappa shape index (κ1) is 21.0. The summed E-state index contributed by atoms with van der Waals surface area (Å²) in [7, 11) is 1.99. The highest BCUT2D eigenvalue weighted by Gasteiger charge is 2.31. The number of carbonyl (C=O) groups is 1. The molecule has 1 N–H and O–H groups in total. The number of aromatic nitrogens is 2. The van der Waals surface area contributed by atoms with Gasteiger partial charge in [-0.2, -0.15) is 18.3 Å². The van der Waals surface area contributed by atoms with E-state index >= 15 is 0 Å². The summed E-state index contributed by atoms with van der Waals surface area (Å²) < 4.78 is 40.2. The molecule has 29 heavy (non-hydrogen) atoms. The van der Waals surface area contributed by atoms with Crippen molar-refractivity contribution >= 4 is 5.91 Å². The Balaban J connectivity index is 1.84. The van der Waals surface area contributed by atoms with Crippen molar-refractivity contribution in [2.75, 3.05) is 13.6 Å². The van der Waals surface area contributed by atoms with Gasteiger partial charge in [0.25, 0.3) is 5.91 Å². The van der Waals surface area contributed by atoms with E-state index in [2.05, 4.69) is 15.3 Å². The van der Waals surface area contributed by atoms with Gasteiger partial charge >= 0.3 is 6.18 Å². The van der Waals surface area contributed by atoms with Gasteiger partial charge in [-0.1, -0.05) is 6.07 Å².